The van der Waals surface area contributed by atoms with Crippen molar-refractivity contribution >= 4 is 22.4 Å². The number of hydrogen-bond acceptors (Lipinski definition) is 3. The molecule has 1 aromatic carbocycles. The summed E-state index contributed by atoms with van der Waals surface area (Å²) in [4.78, 5) is 11.1. The fraction of sp³-hybridized carbons (Fsp3) is 0.300. The number of nitrogens with one attached hydrogen (secondary N) is 1. The molecule has 0 aromatic heterocycles. The third-order valence-corrected chi connectivity index (χ3v) is 3.29. The SMILES string of the molecule is Nc1ccc(S(=O)CC(=O)NCC(F)(F)F)cc1F. The van der Waals surface area contributed by atoms with E-state index in [9.17, 15) is 26.6 Å². The summed E-state index contributed by atoms with van der Waals surface area (Å²) in [5, 5.41) is 1.57. The lowest BCUT2D eigenvalue weighted by atomic mass is 10.3. The molecule has 0 heterocycles. The molecule has 0 spiro atoms. The summed E-state index contributed by atoms with van der Waals surface area (Å²) >= 11 is 0. The maximum atomic E-state index is 13.1. The summed E-state index contributed by atoms with van der Waals surface area (Å²) < 4.78 is 60.1. The summed E-state index contributed by atoms with van der Waals surface area (Å²) in [5.41, 5.74) is 5.06. The second-order valence-electron chi connectivity index (χ2n) is 3.57. The normalized spacial score (nSPS) is 13.1. The molecule has 106 valence electrons. The van der Waals surface area contributed by atoms with Crippen molar-refractivity contribution in [1.29, 1.82) is 0 Å². The minimum absolute atomic E-state index is 0.0196. The van der Waals surface area contributed by atoms with Crippen LogP contribution in [0, 0.1) is 5.82 Å². The number of amides is 1. The molecule has 0 aliphatic heterocycles. The highest BCUT2D eigenvalue weighted by Gasteiger charge is 2.28. The number of alkyl halides is 3. The zero-order valence-corrected chi connectivity index (χ0v) is 10.3. The number of hydrogen-bond donors (Lipinski definition) is 2. The van der Waals surface area contributed by atoms with Crippen LogP contribution >= 0.6 is 0 Å². The van der Waals surface area contributed by atoms with Crippen molar-refractivity contribution in [2.24, 2.45) is 0 Å². The van der Waals surface area contributed by atoms with Crippen LogP contribution in [0.5, 0.6) is 0 Å². The molecule has 0 fully saturated rings. The summed E-state index contributed by atoms with van der Waals surface area (Å²) in [7, 11) is -1.94. The first-order valence-electron chi connectivity index (χ1n) is 4.96. The van der Waals surface area contributed by atoms with Crippen molar-refractivity contribution in [2.75, 3.05) is 18.0 Å². The number of anilines is 1. The van der Waals surface area contributed by atoms with E-state index in [1.807, 2.05) is 0 Å². The smallest absolute Gasteiger partial charge is 0.396 e. The second-order valence-corrected chi connectivity index (χ2v) is 5.02. The number of halogens is 4. The van der Waals surface area contributed by atoms with Crippen LogP contribution in [0.15, 0.2) is 23.1 Å². The molecule has 0 saturated heterocycles. The van der Waals surface area contributed by atoms with Crippen molar-refractivity contribution in [3.05, 3.63) is 24.0 Å². The number of rotatable bonds is 4. The Morgan fingerprint density at radius 3 is 2.53 bits per heavy atom. The van der Waals surface area contributed by atoms with Gasteiger partial charge in [0.1, 0.15) is 18.1 Å². The third-order valence-electron chi connectivity index (χ3n) is 1.98. The predicted octanol–water partition coefficient (Wildman–Crippen LogP) is 1.19. The molecule has 1 aromatic rings. The van der Waals surface area contributed by atoms with E-state index >= 15 is 0 Å². The van der Waals surface area contributed by atoms with E-state index in [0.717, 1.165) is 12.1 Å². The average molecular weight is 298 g/mol. The maximum absolute atomic E-state index is 13.1. The van der Waals surface area contributed by atoms with Crippen LogP contribution in [0.1, 0.15) is 0 Å². The van der Waals surface area contributed by atoms with Gasteiger partial charge in [-0.25, -0.2) is 4.39 Å². The first-order chi connectivity index (χ1) is 8.69. The van der Waals surface area contributed by atoms with Gasteiger partial charge in [0.25, 0.3) is 0 Å². The molecule has 4 nitrogen and oxygen atoms in total. The van der Waals surface area contributed by atoms with Crippen LogP contribution < -0.4 is 11.1 Å². The number of nitrogens with two attached hydrogens (primary N) is 1. The first kappa shape index (κ1) is 15.4. The fourth-order valence-corrected chi connectivity index (χ4v) is 2.06. The first-order valence-corrected chi connectivity index (χ1v) is 6.28. The van der Waals surface area contributed by atoms with Gasteiger partial charge in [-0.05, 0) is 18.2 Å². The Kier molecular flexibility index (Phi) is 4.87. The molecule has 0 aliphatic carbocycles. The minimum Gasteiger partial charge on any atom is -0.396 e. The Bertz CT molecular complexity index is 505. The van der Waals surface area contributed by atoms with Gasteiger partial charge in [-0.15, -0.1) is 0 Å². The van der Waals surface area contributed by atoms with E-state index in [4.69, 9.17) is 5.73 Å². The van der Waals surface area contributed by atoms with Crippen LogP contribution in [-0.4, -0.2) is 28.6 Å². The lowest BCUT2D eigenvalue weighted by molar-refractivity contribution is -0.136. The van der Waals surface area contributed by atoms with Gasteiger partial charge in [0.2, 0.25) is 5.91 Å². The number of nitrogen functional groups attached to an aromatic ring is 1. The number of benzene rings is 1. The Morgan fingerprint density at radius 2 is 2.00 bits per heavy atom. The topological polar surface area (TPSA) is 72.2 Å². The zero-order chi connectivity index (χ0) is 14.6. The summed E-state index contributed by atoms with van der Waals surface area (Å²) in [5.74, 6) is -2.52. The Hall–Kier alpha value is -1.64. The van der Waals surface area contributed by atoms with Gasteiger partial charge >= 0.3 is 6.18 Å². The largest absolute Gasteiger partial charge is 0.405 e. The molecular weight excluding hydrogens is 288 g/mol. The van der Waals surface area contributed by atoms with Crippen molar-refractivity contribution < 1.29 is 26.6 Å². The molecule has 1 rings (SSSR count). The summed E-state index contributed by atoms with van der Waals surface area (Å²) in [6.45, 7) is -1.50. The molecule has 3 N–H and O–H groups in total. The average Bonchev–Trinajstić information content (AvgIpc) is 2.29. The van der Waals surface area contributed by atoms with Gasteiger partial charge in [-0.1, -0.05) is 0 Å². The highest BCUT2D eigenvalue weighted by Crippen LogP contribution is 2.15. The van der Waals surface area contributed by atoms with Crippen molar-refractivity contribution in [2.45, 2.75) is 11.1 Å². The molecular formula is C10H10F4N2O2S. The molecule has 0 aliphatic rings. The molecule has 0 radical (unpaired) electrons. The quantitative estimate of drug-likeness (QED) is 0.648. The van der Waals surface area contributed by atoms with Gasteiger partial charge in [-0.3, -0.25) is 9.00 Å². The Morgan fingerprint density at radius 1 is 1.37 bits per heavy atom. The summed E-state index contributed by atoms with van der Waals surface area (Å²) in [6, 6.07) is 3.28. The van der Waals surface area contributed by atoms with Crippen LogP contribution in [0.3, 0.4) is 0 Å². The highest BCUT2D eigenvalue weighted by atomic mass is 32.2. The van der Waals surface area contributed by atoms with Gasteiger partial charge < -0.3 is 11.1 Å². The van der Waals surface area contributed by atoms with E-state index in [-0.39, 0.29) is 10.6 Å². The Labute approximate surface area is 108 Å². The van der Waals surface area contributed by atoms with Crippen LogP contribution in [0.25, 0.3) is 0 Å². The van der Waals surface area contributed by atoms with Crippen LogP contribution in [-0.2, 0) is 15.6 Å². The molecule has 1 amide bonds. The van der Waals surface area contributed by atoms with Crippen molar-refractivity contribution in [1.82, 2.24) is 5.32 Å². The second kappa shape index (κ2) is 6.00. The lowest BCUT2D eigenvalue weighted by Crippen LogP contribution is -2.36. The number of carbonyl (C=O) groups is 1. The minimum atomic E-state index is -4.54. The monoisotopic (exact) mass is 298 g/mol. The molecule has 1 atom stereocenters. The predicted molar refractivity (Wildman–Crippen MR) is 61.2 cm³/mol. The molecule has 9 heteroatoms. The summed E-state index contributed by atoms with van der Waals surface area (Å²) in [6.07, 6.45) is -4.54. The molecule has 0 saturated carbocycles. The molecule has 0 bridgehead atoms. The van der Waals surface area contributed by atoms with Gasteiger partial charge in [0, 0.05) is 4.90 Å². The Balaban J connectivity index is 2.59. The van der Waals surface area contributed by atoms with E-state index in [1.165, 1.54) is 6.07 Å². The molecule has 19 heavy (non-hydrogen) atoms. The van der Waals surface area contributed by atoms with E-state index in [2.05, 4.69) is 0 Å². The van der Waals surface area contributed by atoms with E-state index in [1.54, 1.807) is 5.32 Å². The van der Waals surface area contributed by atoms with Crippen molar-refractivity contribution in [3.63, 3.8) is 0 Å². The van der Waals surface area contributed by atoms with Gasteiger partial charge in [0.15, 0.2) is 0 Å². The van der Waals surface area contributed by atoms with Gasteiger partial charge in [-0.2, -0.15) is 13.2 Å². The number of carbonyl (C=O) groups excluding carboxylic acids is 1. The highest BCUT2D eigenvalue weighted by molar-refractivity contribution is 7.85. The van der Waals surface area contributed by atoms with E-state index < -0.39 is 41.0 Å². The van der Waals surface area contributed by atoms with E-state index in [0.29, 0.717) is 0 Å². The fourth-order valence-electron chi connectivity index (χ4n) is 1.10. The third kappa shape index (κ3) is 5.25. The van der Waals surface area contributed by atoms with Crippen LogP contribution in [0.4, 0.5) is 23.2 Å². The lowest BCUT2D eigenvalue weighted by Gasteiger charge is -2.08. The van der Waals surface area contributed by atoms with Crippen LogP contribution in [0.2, 0.25) is 0 Å². The standard InChI is InChI=1S/C10H10F4N2O2S/c11-7-3-6(1-2-8(7)15)19(18)4-9(17)16-5-10(12,13)14/h1-3H,4-5,15H2,(H,16,17). The zero-order valence-electron chi connectivity index (χ0n) is 9.46. The molecule has 1 unspecified atom stereocenters. The maximum Gasteiger partial charge on any atom is 0.405 e. The van der Waals surface area contributed by atoms with Gasteiger partial charge in [0.05, 0.1) is 16.5 Å². The van der Waals surface area contributed by atoms with Crippen molar-refractivity contribution in [3.8, 4) is 0 Å².